The zero-order valence-corrected chi connectivity index (χ0v) is 20.3. The lowest BCUT2D eigenvalue weighted by molar-refractivity contribution is 0.0186. The van der Waals surface area contributed by atoms with E-state index < -0.39 is 9.84 Å². The second-order valence-electron chi connectivity index (χ2n) is 7.05. The Morgan fingerprint density at radius 1 is 1.39 bits per heavy atom. The number of rotatable bonds is 7. The number of nitrogens with one attached hydrogen (secondary N) is 2. The van der Waals surface area contributed by atoms with Gasteiger partial charge >= 0.3 is 0 Å². The average molecular weight is 543 g/mol. The lowest BCUT2D eigenvalue weighted by Crippen LogP contribution is -2.42. The van der Waals surface area contributed by atoms with E-state index in [1.54, 1.807) is 11.3 Å². The molecule has 160 valence electrons. The Kier molecular flexibility index (Phi) is 9.94. The van der Waals surface area contributed by atoms with Crippen molar-refractivity contribution in [1.29, 1.82) is 0 Å². The normalized spacial score (nSPS) is 23.8. The predicted molar refractivity (Wildman–Crippen MR) is 126 cm³/mol. The van der Waals surface area contributed by atoms with E-state index in [0.29, 0.717) is 18.8 Å². The summed E-state index contributed by atoms with van der Waals surface area (Å²) in [6, 6.07) is 4.50. The summed E-state index contributed by atoms with van der Waals surface area (Å²) in [5, 5.41) is 8.73. The molecule has 0 amide bonds. The van der Waals surface area contributed by atoms with Crippen molar-refractivity contribution < 1.29 is 13.2 Å². The minimum Gasteiger partial charge on any atom is -0.379 e. The molecule has 1 aromatic rings. The van der Waals surface area contributed by atoms with Crippen molar-refractivity contribution >= 4 is 51.1 Å². The molecule has 0 bridgehead atoms. The molecule has 7 nitrogen and oxygen atoms in total. The molecular formula is C18H31IN4O3S2. The van der Waals surface area contributed by atoms with E-state index in [0.717, 1.165) is 45.2 Å². The molecular weight excluding hydrogens is 511 g/mol. The first kappa shape index (κ1) is 23.8. The van der Waals surface area contributed by atoms with Gasteiger partial charge in [-0.3, -0.25) is 9.89 Å². The van der Waals surface area contributed by atoms with Gasteiger partial charge in [-0.05, 0) is 30.7 Å². The minimum atomic E-state index is -2.84. The largest absolute Gasteiger partial charge is 0.379 e. The SMILES string of the molecule is CCNC(=NCC(c1cccs1)N1CCOCC1)NCC1CCS(=O)(=O)C1.I. The van der Waals surface area contributed by atoms with Gasteiger partial charge in [-0.25, -0.2) is 8.42 Å². The lowest BCUT2D eigenvalue weighted by Gasteiger charge is -2.33. The van der Waals surface area contributed by atoms with Crippen molar-refractivity contribution in [3.8, 4) is 0 Å². The van der Waals surface area contributed by atoms with Gasteiger partial charge in [-0.2, -0.15) is 0 Å². The summed E-state index contributed by atoms with van der Waals surface area (Å²) in [7, 11) is -2.84. The maximum atomic E-state index is 11.6. The third-order valence-corrected chi connectivity index (χ3v) is 7.82. The molecule has 2 unspecified atom stereocenters. The monoisotopic (exact) mass is 542 g/mol. The van der Waals surface area contributed by atoms with Gasteiger partial charge in [-0.15, -0.1) is 35.3 Å². The molecule has 0 spiro atoms. The highest BCUT2D eigenvalue weighted by molar-refractivity contribution is 14.0. The molecule has 28 heavy (non-hydrogen) atoms. The highest BCUT2D eigenvalue weighted by Crippen LogP contribution is 2.26. The number of morpholine rings is 1. The van der Waals surface area contributed by atoms with Crippen LogP contribution in [0.25, 0.3) is 0 Å². The van der Waals surface area contributed by atoms with E-state index in [9.17, 15) is 8.42 Å². The number of guanidine groups is 1. The first-order valence-electron chi connectivity index (χ1n) is 9.65. The van der Waals surface area contributed by atoms with Crippen LogP contribution in [0.2, 0.25) is 0 Å². The molecule has 0 aliphatic carbocycles. The molecule has 2 fully saturated rings. The van der Waals surface area contributed by atoms with Crippen molar-refractivity contribution in [3.63, 3.8) is 0 Å². The number of nitrogens with zero attached hydrogens (tertiary/aromatic N) is 2. The summed E-state index contributed by atoms with van der Waals surface area (Å²) >= 11 is 1.76. The van der Waals surface area contributed by atoms with Crippen LogP contribution in [0.4, 0.5) is 0 Å². The number of sulfone groups is 1. The van der Waals surface area contributed by atoms with E-state index in [2.05, 4.69) is 33.0 Å². The quantitative estimate of drug-likeness (QED) is 0.311. The predicted octanol–water partition coefficient (Wildman–Crippen LogP) is 1.73. The zero-order valence-electron chi connectivity index (χ0n) is 16.3. The Hall–Kier alpha value is -0.430. The van der Waals surface area contributed by atoms with E-state index >= 15 is 0 Å². The number of hydrogen-bond donors (Lipinski definition) is 2. The van der Waals surface area contributed by atoms with E-state index in [1.807, 2.05) is 6.92 Å². The van der Waals surface area contributed by atoms with E-state index in [4.69, 9.17) is 9.73 Å². The van der Waals surface area contributed by atoms with Crippen LogP contribution in [0.3, 0.4) is 0 Å². The third-order valence-electron chi connectivity index (χ3n) is 5.01. The highest BCUT2D eigenvalue weighted by Gasteiger charge is 2.28. The van der Waals surface area contributed by atoms with Gasteiger partial charge < -0.3 is 15.4 Å². The molecule has 3 heterocycles. The van der Waals surface area contributed by atoms with Crippen LogP contribution in [-0.4, -0.2) is 76.7 Å². The van der Waals surface area contributed by atoms with Gasteiger partial charge in [0.05, 0.1) is 37.3 Å². The first-order chi connectivity index (χ1) is 13.1. The van der Waals surface area contributed by atoms with Crippen LogP contribution >= 0.6 is 35.3 Å². The second-order valence-corrected chi connectivity index (χ2v) is 10.3. The summed E-state index contributed by atoms with van der Waals surface area (Å²) in [6.07, 6.45) is 0.736. The summed E-state index contributed by atoms with van der Waals surface area (Å²) in [6.45, 7) is 7.49. The fourth-order valence-electron chi connectivity index (χ4n) is 3.55. The van der Waals surface area contributed by atoms with Crippen molar-refractivity contribution in [3.05, 3.63) is 22.4 Å². The molecule has 2 atom stereocenters. The van der Waals surface area contributed by atoms with Crippen LogP contribution in [-0.2, 0) is 14.6 Å². The Morgan fingerprint density at radius 3 is 2.79 bits per heavy atom. The third kappa shape index (κ3) is 7.12. The first-order valence-corrected chi connectivity index (χ1v) is 12.4. The molecule has 2 saturated heterocycles. The molecule has 1 aromatic heterocycles. The zero-order chi connectivity index (χ0) is 19.1. The molecule has 0 radical (unpaired) electrons. The van der Waals surface area contributed by atoms with Crippen molar-refractivity contribution in [2.75, 3.05) is 57.4 Å². The smallest absolute Gasteiger partial charge is 0.191 e. The molecule has 3 rings (SSSR count). The molecule has 0 saturated carbocycles. The molecule has 0 aromatic carbocycles. The molecule has 2 aliphatic rings. The maximum Gasteiger partial charge on any atom is 0.191 e. The maximum absolute atomic E-state index is 11.6. The summed E-state index contributed by atoms with van der Waals surface area (Å²) in [5.74, 6) is 1.53. The number of thiophene rings is 1. The van der Waals surface area contributed by atoms with Crippen LogP contribution in [0.5, 0.6) is 0 Å². The Labute approximate surface area is 189 Å². The Bertz CT molecular complexity index is 706. The summed E-state index contributed by atoms with van der Waals surface area (Å²) in [4.78, 5) is 8.57. The van der Waals surface area contributed by atoms with E-state index in [1.165, 1.54) is 4.88 Å². The van der Waals surface area contributed by atoms with Crippen LogP contribution in [0.15, 0.2) is 22.5 Å². The lowest BCUT2D eigenvalue weighted by atomic mass is 10.1. The van der Waals surface area contributed by atoms with Crippen LogP contribution in [0, 0.1) is 5.92 Å². The number of hydrogen-bond acceptors (Lipinski definition) is 6. The average Bonchev–Trinajstić information content (AvgIpc) is 3.30. The summed E-state index contributed by atoms with van der Waals surface area (Å²) in [5.41, 5.74) is 0. The topological polar surface area (TPSA) is 83.0 Å². The van der Waals surface area contributed by atoms with E-state index in [-0.39, 0.29) is 41.7 Å². The number of ether oxygens (including phenoxy) is 1. The number of halogens is 1. The van der Waals surface area contributed by atoms with Crippen molar-refractivity contribution in [2.45, 2.75) is 19.4 Å². The molecule has 2 aliphatic heterocycles. The molecule has 10 heteroatoms. The van der Waals surface area contributed by atoms with Gasteiger partial charge in [0.1, 0.15) is 0 Å². The van der Waals surface area contributed by atoms with Gasteiger partial charge in [0.25, 0.3) is 0 Å². The fourth-order valence-corrected chi connectivity index (χ4v) is 6.26. The Morgan fingerprint density at radius 2 is 2.18 bits per heavy atom. The highest BCUT2D eigenvalue weighted by atomic mass is 127. The van der Waals surface area contributed by atoms with Gasteiger partial charge in [0.15, 0.2) is 15.8 Å². The van der Waals surface area contributed by atoms with Crippen LogP contribution in [0.1, 0.15) is 24.3 Å². The summed E-state index contributed by atoms with van der Waals surface area (Å²) < 4.78 is 28.8. The van der Waals surface area contributed by atoms with Crippen molar-refractivity contribution in [1.82, 2.24) is 15.5 Å². The van der Waals surface area contributed by atoms with Crippen LogP contribution < -0.4 is 10.6 Å². The second kappa shape index (κ2) is 11.7. The minimum absolute atomic E-state index is 0. The van der Waals surface area contributed by atoms with Crippen molar-refractivity contribution in [2.24, 2.45) is 10.9 Å². The standard InChI is InChI=1S/C18H30N4O3S2.HI/c1-2-19-18(20-12-15-5-11-27(23,24)14-15)21-13-16(17-4-3-10-26-17)22-6-8-25-9-7-22;/h3-4,10,15-16H,2,5-9,11-14H2,1H3,(H2,19,20,21);1H. The van der Waals surface area contributed by atoms with Gasteiger partial charge in [0.2, 0.25) is 0 Å². The van der Waals surface area contributed by atoms with Gasteiger partial charge in [0, 0.05) is 31.1 Å². The number of aliphatic imine (C=N–C) groups is 1. The fraction of sp³-hybridized carbons (Fsp3) is 0.722. The van der Waals surface area contributed by atoms with Gasteiger partial charge in [-0.1, -0.05) is 6.07 Å². The Balaban J connectivity index is 0.00000280. The molecule has 2 N–H and O–H groups in total.